The van der Waals surface area contributed by atoms with E-state index in [1.54, 1.807) is 0 Å². The van der Waals surface area contributed by atoms with Gasteiger partial charge < -0.3 is 15.1 Å². The zero-order valence-corrected chi connectivity index (χ0v) is 19.2. The molecular formula is C28H37NO2. The molecule has 2 bridgehead atoms. The van der Waals surface area contributed by atoms with Gasteiger partial charge in [0.15, 0.2) is 0 Å². The fourth-order valence-corrected chi connectivity index (χ4v) is 9.05. The highest BCUT2D eigenvalue weighted by Crippen LogP contribution is 2.75. The minimum Gasteiger partial charge on any atom is -0.388 e. The predicted molar refractivity (Wildman–Crippen MR) is 124 cm³/mol. The van der Waals surface area contributed by atoms with E-state index in [2.05, 4.69) is 54.3 Å². The van der Waals surface area contributed by atoms with Gasteiger partial charge in [0.1, 0.15) is 6.10 Å². The lowest BCUT2D eigenvalue weighted by Crippen LogP contribution is -2.57. The average molecular weight is 420 g/mol. The van der Waals surface area contributed by atoms with Gasteiger partial charge in [0.2, 0.25) is 0 Å². The molecule has 3 fully saturated rings. The lowest BCUT2D eigenvalue weighted by molar-refractivity contribution is -0.0639. The molecule has 0 heterocycles. The minimum atomic E-state index is -0.730. The summed E-state index contributed by atoms with van der Waals surface area (Å²) in [5.41, 5.74) is 4.78. The van der Waals surface area contributed by atoms with Gasteiger partial charge in [-0.15, -0.1) is 0 Å². The lowest BCUT2D eigenvalue weighted by Gasteiger charge is -2.56. The molecule has 0 amide bonds. The Hall–Kier alpha value is -1.42. The minimum absolute atomic E-state index is 0.0310. The summed E-state index contributed by atoms with van der Waals surface area (Å²) in [5.74, 6) is 1.35. The fourth-order valence-electron chi connectivity index (χ4n) is 9.05. The molecule has 3 heteroatoms. The third-order valence-corrected chi connectivity index (χ3v) is 10.5. The molecule has 5 aliphatic rings. The van der Waals surface area contributed by atoms with Crippen LogP contribution in [0.15, 0.2) is 53.6 Å². The Morgan fingerprint density at radius 3 is 2.55 bits per heavy atom. The van der Waals surface area contributed by atoms with E-state index in [1.165, 1.54) is 36.8 Å². The van der Waals surface area contributed by atoms with Crippen molar-refractivity contribution in [3.8, 4) is 0 Å². The lowest BCUT2D eigenvalue weighted by atomic mass is 9.49. The van der Waals surface area contributed by atoms with Crippen molar-refractivity contribution in [1.82, 2.24) is 4.90 Å². The molecule has 0 radical (unpaired) electrons. The quantitative estimate of drug-likeness (QED) is 0.732. The number of nitrogens with zero attached hydrogens (tertiary/aromatic N) is 1. The molecule has 0 unspecified atom stereocenters. The molecule has 2 N–H and O–H groups in total. The smallest absolute Gasteiger partial charge is 0.103 e. The average Bonchev–Trinajstić information content (AvgIpc) is 3.27. The summed E-state index contributed by atoms with van der Waals surface area (Å²) < 4.78 is 0. The first-order chi connectivity index (χ1) is 14.8. The number of fused-ring (bicyclic) bond motifs is 1. The summed E-state index contributed by atoms with van der Waals surface area (Å²) >= 11 is 0. The topological polar surface area (TPSA) is 43.7 Å². The summed E-state index contributed by atoms with van der Waals surface area (Å²) in [7, 11) is 4.09. The number of aliphatic hydroxyl groups excluding tert-OH is 2. The second kappa shape index (κ2) is 6.56. The Morgan fingerprint density at radius 2 is 1.81 bits per heavy atom. The van der Waals surface area contributed by atoms with Crippen LogP contribution in [0.2, 0.25) is 0 Å². The molecule has 2 spiro atoms. The maximum absolute atomic E-state index is 11.2. The van der Waals surface area contributed by atoms with E-state index in [1.807, 2.05) is 14.1 Å². The van der Waals surface area contributed by atoms with E-state index in [4.69, 9.17) is 0 Å². The SMILES string of the molecule is CN(C)[C@H]1C[C@@]23CC[C@@]4(C2)C(=CC[C@]2(C)[C@@H](c5ccccc5)CC[C@@H]42)C=C3[C@@H](O)[C@@H]1O. The molecule has 3 saturated carbocycles. The van der Waals surface area contributed by atoms with E-state index in [9.17, 15) is 10.2 Å². The number of benzene rings is 1. The van der Waals surface area contributed by atoms with E-state index in [0.29, 0.717) is 17.3 Å². The Morgan fingerprint density at radius 1 is 1.03 bits per heavy atom. The van der Waals surface area contributed by atoms with E-state index >= 15 is 0 Å². The van der Waals surface area contributed by atoms with Gasteiger partial charge >= 0.3 is 0 Å². The number of hydrogen-bond acceptors (Lipinski definition) is 3. The molecule has 1 aromatic carbocycles. The number of allylic oxidation sites excluding steroid dienone is 3. The molecule has 0 aliphatic heterocycles. The molecule has 1 aromatic rings. The van der Waals surface area contributed by atoms with Gasteiger partial charge in [0.05, 0.1) is 6.10 Å². The zero-order valence-electron chi connectivity index (χ0n) is 19.2. The fraction of sp³-hybridized carbons (Fsp3) is 0.643. The Labute approximate surface area is 186 Å². The first-order valence-electron chi connectivity index (χ1n) is 12.3. The second-order valence-corrected chi connectivity index (χ2v) is 11.8. The standard InChI is InChI=1S/C28H37NO2/c1-26-12-11-19-15-21-24(30)25(31)22(29(2)3)16-27(21)13-14-28(19,17-27)23(26)10-9-20(26)18-7-5-4-6-8-18/h4-8,11,15,20,22-25,30-31H,9-10,12-14,16-17H2,1-3H3/t20-,22+,23-,24-,25-,26-,27+,28-/m1/s1. The first kappa shape index (κ1) is 20.2. The molecule has 0 aromatic heterocycles. The van der Waals surface area contributed by atoms with E-state index in [0.717, 1.165) is 24.8 Å². The van der Waals surface area contributed by atoms with Crippen LogP contribution in [0.1, 0.15) is 63.4 Å². The monoisotopic (exact) mass is 419 g/mol. The van der Waals surface area contributed by atoms with Crippen LogP contribution in [0.25, 0.3) is 0 Å². The number of hydrogen-bond donors (Lipinski definition) is 2. The van der Waals surface area contributed by atoms with Gasteiger partial charge in [-0.3, -0.25) is 0 Å². The van der Waals surface area contributed by atoms with Crippen LogP contribution < -0.4 is 0 Å². The number of rotatable bonds is 2. The summed E-state index contributed by atoms with van der Waals surface area (Å²) in [6.45, 7) is 2.57. The molecule has 166 valence electrons. The van der Waals surface area contributed by atoms with Crippen molar-refractivity contribution in [2.24, 2.45) is 22.2 Å². The second-order valence-electron chi connectivity index (χ2n) is 11.8. The molecule has 6 rings (SSSR count). The summed E-state index contributed by atoms with van der Waals surface area (Å²) in [5, 5.41) is 22.0. The zero-order chi connectivity index (χ0) is 21.6. The van der Waals surface area contributed by atoms with Crippen LogP contribution in [0, 0.1) is 22.2 Å². The van der Waals surface area contributed by atoms with Gasteiger partial charge in [-0.05, 0) is 104 Å². The maximum Gasteiger partial charge on any atom is 0.103 e. The van der Waals surface area contributed by atoms with Crippen LogP contribution in [0.5, 0.6) is 0 Å². The highest BCUT2D eigenvalue weighted by Gasteiger charge is 2.66. The molecule has 31 heavy (non-hydrogen) atoms. The summed E-state index contributed by atoms with van der Waals surface area (Å²) in [4.78, 5) is 2.13. The van der Waals surface area contributed by atoms with Crippen molar-refractivity contribution in [3.63, 3.8) is 0 Å². The van der Waals surface area contributed by atoms with Crippen LogP contribution >= 0.6 is 0 Å². The Kier molecular flexibility index (Phi) is 4.27. The molecule has 3 nitrogen and oxygen atoms in total. The summed E-state index contributed by atoms with van der Waals surface area (Å²) in [6, 6.07) is 11.2. The summed E-state index contributed by atoms with van der Waals surface area (Å²) in [6.07, 6.45) is 11.7. The highest BCUT2D eigenvalue weighted by atomic mass is 16.3. The van der Waals surface area contributed by atoms with Crippen LogP contribution in [-0.4, -0.2) is 47.5 Å². The Bertz CT molecular complexity index is 951. The number of aliphatic hydroxyl groups is 2. The normalized spacial score (nSPS) is 48.0. The number of likely N-dealkylation sites (N-methyl/N-ethyl adjacent to an activating group) is 1. The third-order valence-electron chi connectivity index (χ3n) is 10.5. The Balaban J connectivity index is 1.43. The van der Waals surface area contributed by atoms with E-state index in [-0.39, 0.29) is 16.9 Å². The highest BCUT2D eigenvalue weighted by molar-refractivity contribution is 5.48. The third kappa shape index (κ3) is 2.52. The van der Waals surface area contributed by atoms with Gasteiger partial charge in [-0.2, -0.15) is 0 Å². The molecule has 0 saturated heterocycles. The van der Waals surface area contributed by atoms with Crippen LogP contribution in [0.4, 0.5) is 0 Å². The van der Waals surface area contributed by atoms with Crippen LogP contribution in [-0.2, 0) is 0 Å². The van der Waals surface area contributed by atoms with Crippen molar-refractivity contribution in [2.75, 3.05) is 14.1 Å². The molecule has 5 aliphatic carbocycles. The van der Waals surface area contributed by atoms with Crippen molar-refractivity contribution < 1.29 is 10.2 Å². The van der Waals surface area contributed by atoms with Crippen molar-refractivity contribution in [3.05, 3.63) is 59.2 Å². The van der Waals surface area contributed by atoms with Gasteiger partial charge in [-0.25, -0.2) is 0 Å². The molecule has 8 atom stereocenters. The predicted octanol–water partition coefficient (Wildman–Crippen LogP) is 4.67. The van der Waals surface area contributed by atoms with E-state index < -0.39 is 12.2 Å². The first-order valence-corrected chi connectivity index (χ1v) is 12.3. The van der Waals surface area contributed by atoms with Gasteiger partial charge in [0.25, 0.3) is 0 Å². The van der Waals surface area contributed by atoms with Gasteiger partial charge in [0, 0.05) is 6.04 Å². The van der Waals surface area contributed by atoms with Crippen molar-refractivity contribution in [1.29, 1.82) is 0 Å². The van der Waals surface area contributed by atoms with Crippen molar-refractivity contribution >= 4 is 0 Å². The van der Waals surface area contributed by atoms with Crippen LogP contribution in [0.3, 0.4) is 0 Å². The maximum atomic E-state index is 11.2. The van der Waals surface area contributed by atoms with Crippen molar-refractivity contribution in [2.45, 2.75) is 76.0 Å². The molecular weight excluding hydrogens is 382 g/mol. The van der Waals surface area contributed by atoms with Gasteiger partial charge in [-0.1, -0.05) is 49.4 Å². The largest absolute Gasteiger partial charge is 0.388 e.